The molecule has 2 aliphatic rings. The van der Waals surface area contributed by atoms with Crippen LogP contribution in [0.4, 0.5) is 10.1 Å². The van der Waals surface area contributed by atoms with Gasteiger partial charge in [-0.3, -0.25) is 0 Å². The standard InChI is InChI=1S/C15H19BrFN/c16-11-4-5-12(17)13(10-11)18-14-6-9-15(14)7-2-1-3-8-15/h4-5,10,14,18H,1-3,6-9H2. The molecule has 0 amide bonds. The lowest BCUT2D eigenvalue weighted by atomic mass is 9.57. The maximum atomic E-state index is 13.8. The van der Waals surface area contributed by atoms with Crippen LogP contribution in [0.5, 0.6) is 0 Å². The van der Waals surface area contributed by atoms with Crippen LogP contribution in [0.1, 0.15) is 44.9 Å². The van der Waals surface area contributed by atoms with Gasteiger partial charge in [0.1, 0.15) is 5.82 Å². The highest BCUT2D eigenvalue weighted by atomic mass is 79.9. The fourth-order valence-electron chi connectivity index (χ4n) is 3.57. The Morgan fingerprint density at radius 1 is 1.17 bits per heavy atom. The Kier molecular flexibility index (Phi) is 3.35. The molecule has 3 rings (SSSR count). The van der Waals surface area contributed by atoms with Crippen molar-refractivity contribution in [1.29, 1.82) is 0 Å². The third-order valence-electron chi connectivity index (χ3n) is 4.78. The second kappa shape index (κ2) is 4.84. The van der Waals surface area contributed by atoms with E-state index in [0.717, 1.165) is 4.47 Å². The van der Waals surface area contributed by atoms with Gasteiger partial charge in [0.2, 0.25) is 0 Å². The van der Waals surface area contributed by atoms with Gasteiger partial charge in [0.25, 0.3) is 0 Å². The number of halogens is 2. The molecule has 2 fully saturated rings. The number of anilines is 1. The van der Waals surface area contributed by atoms with Crippen molar-refractivity contribution in [2.45, 2.75) is 51.0 Å². The first-order chi connectivity index (χ1) is 8.70. The molecule has 2 saturated carbocycles. The first-order valence-electron chi connectivity index (χ1n) is 6.91. The molecule has 1 aromatic rings. The lowest BCUT2D eigenvalue weighted by Crippen LogP contribution is -2.50. The monoisotopic (exact) mass is 311 g/mol. The van der Waals surface area contributed by atoms with Crippen molar-refractivity contribution in [1.82, 2.24) is 0 Å². The van der Waals surface area contributed by atoms with Crippen LogP contribution in [0, 0.1) is 11.2 Å². The van der Waals surface area contributed by atoms with Crippen molar-refractivity contribution < 1.29 is 4.39 Å². The second-order valence-corrected chi connectivity index (χ2v) is 6.70. The molecule has 0 saturated heterocycles. The highest BCUT2D eigenvalue weighted by Crippen LogP contribution is 2.52. The highest BCUT2D eigenvalue weighted by Gasteiger charge is 2.46. The predicted molar refractivity (Wildman–Crippen MR) is 76.3 cm³/mol. The molecule has 1 atom stereocenters. The summed E-state index contributed by atoms with van der Waals surface area (Å²) in [7, 11) is 0. The molecule has 0 radical (unpaired) electrons. The average molecular weight is 312 g/mol. The normalized spacial score (nSPS) is 25.8. The minimum absolute atomic E-state index is 0.143. The predicted octanol–water partition coefficient (Wildman–Crippen LogP) is 5.11. The summed E-state index contributed by atoms with van der Waals surface area (Å²) in [6.45, 7) is 0. The molecule has 98 valence electrons. The highest BCUT2D eigenvalue weighted by molar-refractivity contribution is 9.10. The number of hydrogen-bond donors (Lipinski definition) is 1. The smallest absolute Gasteiger partial charge is 0.146 e. The van der Waals surface area contributed by atoms with Gasteiger partial charge < -0.3 is 5.32 Å². The Hall–Kier alpha value is -0.570. The van der Waals surface area contributed by atoms with E-state index in [1.165, 1.54) is 51.0 Å². The SMILES string of the molecule is Fc1ccc(Br)cc1NC1CCC12CCCCC2. The molecule has 1 spiro atoms. The van der Waals surface area contributed by atoms with Crippen molar-refractivity contribution >= 4 is 21.6 Å². The molecular formula is C15H19BrFN. The molecule has 2 aliphatic carbocycles. The fourth-order valence-corrected chi connectivity index (χ4v) is 3.93. The second-order valence-electron chi connectivity index (χ2n) is 5.78. The zero-order chi connectivity index (χ0) is 12.6. The first kappa shape index (κ1) is 12.5. The molecule has 1 aromatic carbocycles. The molecule has 0 aromatic heterocycles. The van der Waals surface area contributed by atoms with Crippen molar-refractivity contribution in [2.24, 2.45) is 5.41 Å². The van der Waals surface area contributed by atoms with E-state index in [4.69, 9.17) is 0 Å². The van der Waals surface area contributed by atoms with Crippen LogP contribution in [0.3, 0.4) is 0 Å². The van der Waals surface area contributed by atoms with Crippen LogP contribution in [0.15, 0.2) is 22.7 Å². The Morgan fingerprint density at radius 3 is 2.61 bits per heavy atom. The van der Waals surface area contributed by atoms with E-state index in [1.807, 2.05) is 6.07 Å². The van der Waals surface area contributed by atoms with Crippen LogP contribution < -0.4 is 5.32 Å². The van der Waals surface area contributed by atoms with Crippen molar-refractivity contribution in [3.05, 3.63) is 28.5 Å². The summed E-state index contributed by atoms with van der Waals surface area (Å²) in [5.74, 6) is -0.143. The number of hydrogen-bond acceptors (Lipinski definition) is 1. The number of nitrogens with one attached hydrogen (secondary N) is 1. The minimum Gasteiger partial charge on any atom is -0.379 e. The lowest BCUT2D eigenvalue weighted by Gasteiger charge is -2.52. The van der Waals surface area contributed by atoms with E-state index in [9.17, 15) is 4.39 Å². The zero-order valence-electron chi connectivity index (χ0n) is 10.5. The van der Waals surface area contributed by atoms with Gasteiger partial charge in [0.15, 0.2) is 0 Å². The number of benzene rings is 1. The Bertz CT molecular complexity index is 440. The largest absolute Gasteiger partial charge is 0.379 e. The lowest BCUT2D eigenvalue weighted by molar-refractivity contribution is 0.0569. The van der Waals surface area contributed by atoms with Gasteiger partial charge in [0.05, 0.1) is 5.69 Å². The van der Waals surface area contributed by atoms with Crippen LogP contribution >= 0.6 is 15.9 Å². The molecule has 0 bridgehead atoms. The van der Waals surface area contributed by atoms with Gasteiger partial charge in [-0.1, -0.05) is 35.2 Å². The summed E-state index contributed by atoms with van der Waals surface area (Å²) >= 11 is 3.41. The van der Waals surface area contributed by atoms with E-state index in [1.54, 1.807) is 6.07 Å². The van der Waals surface area contributed by atoms with Gasteiger partial charge in [-0.15, -0.1) is 0 Å². The van der Waals surface area contributed by atoms with Crippen LogP contribution in [0.25, 0.3) is 0 Å². The summed E-state index contributed by atoms with van der Waals surface area (Å²) in [6.07, 6.45) is 9.21. The molecule has 18 heavy (non-hydrogen) atoms. The minimum atomic E-state index is -0.143. The Morgan fingerprint density at radius 2 is 1.94 bits per heavy atom. The van der Waals surface area contributed by atoms with Crippen molar-refractivity contribution in [3.8, 4) is 0 Å². The summed E-state index contributed by atoms with van der Waals surface area (Å²) < 4.78 is 14.7. The number of rotatable bonds is 2. The molecule has 3 heteroatoms. The van der Waals surface area contributed by atoms with Gasteiger partial charge in [-0.25, -0.2) is 4.39 Å². The summed E-state index contributed by atoms with van der Waals surface area (Å²) in [5, 5.41) is 3.44. The Balaban J connectivity index is 1.74. The van der Waals surface area contributed by atoms with Crippen LogP contribution in [-0.2, 0) is 0 Å². The third kappa shape index (κ3) is 2.18. The topological polar surface area (TPSA) is 12.0 Å². The molecular weight excluding hydrogens is 293 g/mol. The maximum Gasteiger partial charge on any atom is 0.146 e. The van der Waals surface area contributed by atoms with Crippen LogP contribution in [-0.4, -0.2) is 6.04 Å². The first-order valence-corrected chi connectivity index (χ1v) is 7.71. The summed E-state index contributed by atoms with van der Waals surface area (Å²) in [6, 6.07) is 5.60. The van der Waals surface area contributed by atoms with Crippen LogP contribution in [0.2, 0.25) is 0 Å². The molecule has 1 unspecified atom stereocenters. The summed E-state index contributed by atoms with van der Waals surface area (Å²) in [5.41, 5.74) is 1.12. The van der Waals surface area contributed by atoms with E-state index in [-0.39, 0.29) is 5.82 Å². The van der Waals surface area contributed by atoms with Crippen molar-refractivity contribution in [2.75, 3.05) is 5.32 Å². The molecule has 1 N–H and O–H groups in total. The summed E-state index contributed by atoms with van der Waals surface area (Å²) in [4.78, 5) is 0. The van der Waals surface area contributed by atoms with Gasteiger partial charge >= 0.3 is 0 Å². The van der Waals surface area contributed by atoms with E-state index < -0.39 is 0 Å². The fraction of sp³-hybridized carbons (Fsp3) is 0.600. The van der Waals surface area contributed by atoms with E-state index >= 15 is 0 Å². The molecule has 0 heterocycles. The third-order valence-corrected chi connectivity index (χ3v) is 5.27. The van der Waals surface area contributed by atoms with E-state index in [2.05, 4.69) is 21.2 Å². The van der Waals surface area contributed by atoms with E-state index in [0.29, 0.717) is 17.1 Å². The molecule has 0 aliphatic heterocycles. The maximum absolute atomic E-state index is 13.8. The molecule has 1 nitrogen and oxygen atoms in total. The van der Waals surface area contributed by atoms with Gasteiger partial charge in [-0.05, 0) is 49.3 Å². The van der Waals surface area contributed by atoms with Gasteiger partial charge in [-0.2, -0.15) is 0 Å². The Labute approximate surface area is 116 Å². The van der Waals surface area contributed by atoms with Crippen molar-refractivity contribution in [3.63, 3.8) is 0 Å². The average Bonchev–Trinajstić information content (AvgIpc) is 2.39. The van der Waals surface area contributed by atoms with Gasteiger partial charge in [0, 0.05) is 10.5 Å². The zero-order valence-corrected chi connectivity index (χ0v) is 12.1. The quantitative estimate of drug-likeness (QED) is 0.800.